The van der Waals surface area contributed by atoms with Crippen molar-refractivity contribution in [2.45, 2.75) is 64.5 Å². The fourth-order valence-electron chi connectivity index (χ4n) is 5.64. The summed E-state index contributed by atoms with van der Waals surface area (Å²) in [5, 5.41) is 26.2. The Morgan fingerprint density at radius 3 is 2.61 bits per heavy atom. The number of hydrogen-bond acceptors (Lipinski definition) is 4. The van der Waals surface area contributed by atoms with Gasteiger partial charge < -0.3 is 25.4 Å². The van der Waals surface area contributed by atoms with E-state index in [1.54, 1.807) is 10.6 Å². The maximum Gasteiger partial charge on any atom is 0.319 e. The molecule has 5 rings (SSSR count). The molecule has 0 spiro atoms. The van der Waals surface area contributed by atoms with Gasteiger partial charge >= 0.3 is 12.0 Å². The number of aliphatic carboxylic acids is 1. The molecule has 2 aliphatic rings. The maximum atomic E-state index is 13.6. The van der Waals surface area contributed by atoms with Gasteiger partial charge in [0.2, 0.25) is 0 Å². The monoisotopic (exact) mass is 535 g/mol. The summed E-state index contributed by atoms with van der Waals surface area (Å²) in [7, 11) is 0. The minimum absolute atomic E-state index is 0.208. The van der Waals surface area contributed by atoms with Gasteiger partial charge in [0.25, 0.3) is 5.56 Å². The van der Waals surface area contributed by atoms with Crippen molar-refractivity contribution in [3.8, 4) is 5.75 Å². The van der Waals surface area contributed by atoms with Crippen LogP contribution >= 0.6 is 11.6 Å². The van der Waals surface area contributed by atoms with Gasteiger partial charge in [-0.3, -0.25) is 9.59 Å². The molecule has 0 radical (unpaired) electrons. The Balaban J connectivity index is 1.45. The number of fused-ring (bicyclic) bond motifs is 2. The number of halogens is 1. The highest BCUT2D eigenvalue weighted by atomic mass is 35.5. The minimum Gasteiger partial charge on any atom is -0.505 e. The molecule has 1 aromatic heterocycles. The second kappa shape index (κ2) is 10.5. The molecule has 4 N–H and O–H groups in total. The Hall–Kier alpha value is -3.78. The van der Waals surface area contributed by atoms with Crippen molar-refractivity contribution < 1.29 is 19.8 Å². The largest absolute Gasteiger partial charge is 0.505 e. The van der Waals surface area contributed by atoms with E-state index in [2.05, 4.69) is 10.6 Å². The molecule has 1 heterocycles. The molecule has 0 aliphatic heterocycles. The number of carboxylic acid groups (broad SMARTS) is 1. The molecule has 2 aliphatic carbocycles. The molecule has 0 saturated carbocycles. The van der Waals surface area contributed by atoms with Crippen LogP contribution in [0.3, 0.4) is 0 Å². The van der Waals surface area contributed by atoms with E-state index < -0.39 is 23.6 Å². The second-order valence-corrected chi connectivity index (χ2v) is 10.5. The molecular weight excluding hydrogens is 506 g/mol. The zero-order chi connectivity index (χ0) is 27.0. The molecule has 0 unspecified atom stereocenters. The predicted octanol–water partition coefficient (Wildman–Crippen LogP) is 4.88. The van der Waals surface area contributed by atoms with Gasteiger partial charge in [0, 0.05) is 16.3 Å². The van der Waals surface area contributed by atoms with Crippen molar-refractivity contribution in [2.75, 3.05) is 5.32 Å². The number of carbonyl (C=O) groups excluding carboxylic acids is 1. The van der Waals surface area contributed by atoms with Gasteiger partial charge in [0.1, 0.15) is 5.75 Å². The van der Waals surface area contributed by atoms with Gasteiger partial charge in [-0.25, -0.2) is 4.79 Å². The number of rotatable bonds is 7. The SMILES string of the molecule is Cc1cccc(Cl)c1Cn1c2c(c(O)c(NC(=O)N[C@@H](CC(=O)O)c3ccc4c(c3)CCC4)c1=O)CCC2. The molecule has 9 heteroatoms. The number of amides is 2. The number of urea groups is 1. The maximum absolute atomic E-state index is 13.6. The number of aromatic hydroxyl groups is 1. The zero-order valence-electron chi connectivity index (χ0n) is 21.1. The van der Waals surface area contributed by atoms with Gasteiger partial charge in [-0.05, 0) is 79.3 Å². The Kier molecular flexibility index (Phi) is 7.17. The van der Waals surface area contributed by atoms with Crippen molar-refractivity contribution in [3.63, 3.8) is 0 Å². The highest BCUT2D eigenvalue weighted by Gasteiger charge is 2.28. The lowest BCUT2D eigenvalue weighted by atomic mass is 9.99. The normalized spacial score (nSPS) is 14.6. The zero-order valence-corrected chi connectivity index (χ0v) is 21.9. The Labute approximate surface area is 225 Å². The first-order valence-corrected chi connectivity index (χ1v) is 13.2. The number of pyridine rings is 1. The summed E-state index contributed by atoms with van der Waals surface area (Å²) in [6, 6.07) is 9.73. The van der Waals surface area contributed by atoms with Crippen LogP contribution < -0.4 is 16.2 Å². The summed E-state index contributed by atoms with van der Waals surface area (Å²) in [4.78, 5) is 38.3. The number of hydrogen-bond donors (Lipinski definition) is 4. The number of carbonyl (C=O) groups is 2. The standard InChI is InChI=1S/C29H30ClN3O5/c1-16-5-2-9-22(30)21(16)15-33-24-10-4-8-20(24)27(36)26(28(33)37)32-29(38)31-23(14-25(34)35)19-12-11-17-6-3-7-18(17)13-19/h2,5,9,11-13,23,36H,3-4,6-8,10,14-15H2,1H3,(H,34,35)(H2,31,32,38)/t23-/m0/s1. The van der Waals surface area contributed by atoms with Crippen LogP contribution in [0.4, 0.5) is 10.5 Å². The van der Waals surface area contributed by atoms with Crippen molar-refractivity contribution in [1.82, 2.24) is 9.88 Å². The summed E-state index contributed by atoms with van der Waals surface area (Å²) in [5.74, 6) is -1.30. The van der Waals surface area contributed by atoms with Crippen LogP contribution in [0.2, 0.25) is 5.02 Å². The third-order valence-electron chi connectivity index (χ3n) is 7.61. The predicted molar refractivity (Wildman–Crippen MR) is 145 cm³/mol. The van der Waals surface area contributed by atoms with Crippen molar-refractivity contribution in [2.24, 2.45) is 0 Å². The Morgan fingerprint density at radius 2 is 1.84 bits per heavy atom. The fraction of sp³-hybridized carbons (Fsp3) is 0.345. The summed E-state index contributed by atoms with van der Waals surface area (Å²) >= 11 is 6.44. The molecule has 198 valence electrons. The van der Waals surface area contributed by atoms with E-state index in [0.717, 1.165) is 48.1 Å². The third-order valence-corrected chi connectivity index (χ3v) is 7.97. The molecule has 2 amide bonds. The summed E-state index contributed by atoms with van der Waals surface area (Å²) in [6.07, 6.45) is 4.63. The number of carboxylic acids is 1. The van der Waals surface area contributed by atoms with Crippen LogP contribution in [0.1, 0.15) is 64.4 Å². The second-order valence-electron chi connectivity index (χ2n) is 10.1. The first kappa shape index (κ1) is 25.9. The topological polar surface area (TPSA) is 121 Å². The van der Waals surface area contributed by atoms with Crippen LogP contribution in [0.25, 0.3) is 0 Å². The summed E-state index contributed by atoms with van der Waals surface area (Å²) in [5.41, 5.74) is 5.42. The number of anilines is 1. The molecule has 0 bridgehead atoms. The lowest BCUT2D eigenvalue weighted by molar-refractivity contribution is -0.137. The quantitative estimate of drug-likeness (QED) is 0.343. The number of nitrogens with one attached hydrogen (secondary N) is 2. The van der Waals surface area contributed by atoms with Crippen LogP contribution in [-0.4, -0.2) is 26.8 Å². The van der Waals surface area contributed by atoms with Gasteiger partial charge in [-0.15, -0.1) is 0 Å². The Morgan fingerprint density at radius 1 is 1.08 bits per heavy atom. The number of nitrogens with zero attached hydrogens (tertiary/aromatic N) is 1. The number of aryl methyl sites for hydroxylation is 3. The van der Waals surface area contributed by atoms with E-state index in [1.165, 1.54) is 5.56 Å². The molecule has 0 fully saturated rings. The first-order chi connectivity index (χ1) is 18.2. The first-order valence-electron chi connectivity index (χ1n) is 12.9. The average molecular weight is 536 g/mol. The van der Waals surface area contributed by atoms with E-state index in [4.69, 9.17) is 11.6 Å². The molecule has 0 saturated heterocycles. The summed E-state index contributed by atoms with van der Waals surface area (Å²) < 4.78 is 1.57. The highest BCUT2D eigenvalue weighted by molar-refractivity contribution is 6.31. The van der Waals surface area contributed by atoms with Gasteiger partial charge in [-0.1, -0.05) is 41.9 Å². The lowest BCUT2D eigenvalue weighted by Gasteiger charge is -2.21. The molecule has 3 aromatic rings. The minimum atomic E-state index is -1.06. The number of aromatic nitrogens is 1. The third kappa shape index (κ3) is 5.00. The lowest BCUT2D eigenvalue weighted by Crippen LogP contribution is -2.37. The van der Waals surface area contributed by atoms with Crippen LogP contribution in [-0.2, 0) is 37.0 Å². The average Bonchev–Trinajstić information content (AvgIpc) is 3.55. The van der Waals surface area contributed by atoms with Gasteiger partial charge in [0.05, 0.1) is 19.0 Å². The van der Waals surface area contributed by atoms with Crippen LogP contribution in [0.15, 0.2) is 41.2 Å². The van der Waals surface area contributed by atoms with Crippen molar-refractivity contribution >= 4 is 29.3 Å². The van der Waals surface area contributed by atoms with Crippen molar-refractivity contribution in [1.29, 1.82) is 0 Å². The number of benzene rings is 2. The molecule has 2 aromatic carbocycles. The molecule has 38 heavy (non-hydrogen) atoms. The smallest absolute Gasteiger partial charge is 0.319 e. The van der Waals surface area contributed by atoms with E-state index in [-0.39, 0.29) is 24.4 Å². The fourth-order valence-corrected chi connectivity index (χ4v) is 5.92. The van der Waals surface area contributed by atoms with Crippen molar-refractivity contribution in [3.05, 3.63) is 90.8 Å². The van der Waals surface area contributed by atoms with Crippen LogP contribution in [0.5, 0.6) is 5.75 Å². The highest BCUT2D eigenvalue weighted by Crippen LogP contribution is 2.35. The Bertz CT molecular complexity index is 1480. The van der Waals surface area contributed by atoms with Gasteiger partial charge in [-0.2, -0.15) is 0 Å². The van der Waals surface area contributed by atoms with Crippen LogP contribution in [0, 0.1) is 6.92 Å². The van der Waals surface area contributed by atoms with E-state index in [1.807, 2.05) is 37.3 Å². The molecule has 1 atom stereocenters. The van der Waals surface area contributed by atoms with E-state index >= 15 is 0 Å². The van der Waals surface area contributed by atoms with Gasteiger partial charge in [0.15, 0.2) is 5.69 Å². The molecular formula is C29H30ClN3O5. The summed E-state index contributed by atoms with van der Waals surface area (Å²) in [6.45, 7) is 2.13. The van der Waals surface area contributed by atoms with E-state index in [9.17, 15) is 24.6 Å². The van der Waals surface area contributed by atoms with E-state index in [0.29, 0.717) is 29.0 Å². The molecule has 8 nitrogen and oxygen atoms in total.